The second-order valence-corrected chi connectivity index (χ2v) is 7.71. The number of carbonyl (C=O) groups excluding carboxylic acids is 1. The molecule has 0 spiro atoms. The fraction of sp³-hybridized carbons (Fsp3) is 0.500. The average Bonchev–Trinajstić information content (AvgIpc) is 2.69. The highest BCUT2D eigenvalue weighted by molar-refractivity contribution is 5.94. The van der Waals surface area contributed by atoms with Crippen molar-refractivity contribution in [3.05, 3.63) is 47.7 Å². The van der Waals surface area contributed by atoms with Crippen LogP contribution >= 0.6 is 0 Å². The molecule has 2 aliphatic rings. The number of hydrogen-bond donors (Lipinski definition) is 1. The number of aromatic nitrogens is 3. The molecule has 1 N–H and O–H groups in total. The first-order valence-electron chi connectivity index (χ1n) is 9.46. The highest BCUT2D eigenvalue weighted by atomic mass is 16.3. The summed E-state index contributed by atoms with van der Waals surface area (Å²) < 4.78 is 0. The largest absolute Gasteiger partial charge is 0.396 e. The highest BCUT2D eigenvalue weighted by Crippen LogP contribution is 2.41. The van der Waals surface area contributed by atoms with E-state index < -0.39 is 0 Å². The number of aliphatic hydroxyl groups excluding tert-OH is 1. The van der Waals surface area contributed by atoms with E-state index in [1.54, 1.807) is 30.9 Å². The summed E-state index contributed by atoms with van der Waals surface area (Å²) in [5, 5.41) is 9.77. The molecule has 4 rings (SSSR count). The van der Waals surface area contributed by atoms with E-state index in [0.29, 0.717) is 18.7 Å². The molecule has 27 heavy (non-hydrogen) atoms. The van der Waals surface area contributed by atoms with Crippen LogP contribution in [-0.2, 0) is 13.0 Å². The summed E-state index contributed by atoms with van der Waals surface area (Å²) in [6, 6.07) is 3.56. The van der Waals surface area contributed by atoms with E-state index in [-0.39, 0.29) is 17.9 Å². The molecule has 1 amide bonds. The Hall–Kier alpha value is -2.54. The normalized spacial score (nSPS) is 17.8. The SMILES string of the molecule is CN(CC1(CO)CCC1)c1ncnc2c1CCN(C(=O)c1cccnc1)C2. The molecule has 7 nitrogen and oxygen atoms in total. The first-order valence-corrected chi connectivity index (χ1v) is 9.46. The number of rotatable bonds is 5. The van der Waals surface area contributed by atoms with E-state index in [1.807, 2.05) is 11.9 Å². The zero-order valence-electron chi connectivity index (χ0n) is 15.6. The minimum Gasteiger partial charge on any atom is -0.396 e. The van der Waals surface area contributed by atoms with Crippen molar-refractivity contribution in [1.29, 1.82) is 0 Å². The van der Waals surface area contributed by atoms with Crippen molar-refractivity contribution in [2.75, 3.05) is 31.6 Å². The first-order chi connectivity index (χ1) is 13.1. The van der Waals surface area contributed by atoms with Crippen LogP contribution < -0.4 is 4.90 Å². The molecule has 0 unspecified atom stereocenters. The third-order valence-corrected chi connectivity index (χ3v) is 5.86. The van der Waals surface area contributed by atoms with Crippen molar-refractivity contribution in [2.45, 2.75) is 32.2 Å². The van der Waals surface area contributed by atoms with Crippen molar-refractivity contribution in [3.63, 3.8) is 0 Å². The molecule has 7 heteroatoms. The summed E-state index contributed by atoms with van der Waals surface area (Å²) in [6.45, 7) is 2.14. The molecule has 2 aromatic rings. The summed E-state index contributed by atoms with van der Waals surface area (Å²) in [5.41, 5.74) is 2.62. The van der Waals surface area contributed by atoms with E-state index in [4.69, 9.17) is 0 Å². The van der Waals surface area contributed by atoms with Crippen LogP contribution in [0, 0.1) is 5.41 Å². The van der Waals surface area contributed by atoms with Gasteiger partial charge >= 0.3 is 0 Å². The van der Waals surface area contributed by atoms with Gasteiger partial charge in [0.1, 0.15) is 12.1 Å². The van der Waals surface area contributed by atoms with Crippen molar-refractivity contribution in [2.24, 2.45) is 5.41 Å². The van der Waals surface area contributed by atoms with Gasteiger partial charge in [-0.1, -0.05) is 6.42 Å². The summed E-state index contributed by atoms with van der Waals surface area (Å²) in [7, 11) is 2.03. The van der Waals surface area contributed by atoms with Crippen LogP contribution in [0.4, 0.5) is 5.82 Å². The van der Waals surface area contributed by atoms with E-state index in [2.05, 4.69) is 19.9 Å². The van der Waals surface area contributed by atoms with Crippen molar-refractivity contribution in [1.82, 2.24) is 19.9 Å². The zero-order valence-corrected chi connectivity index (χ0v) is 15.6. The van der Waals surface area contributed by atoms with E-state index >= 15 is 0 Å². The third-order valence-electron chi connectivity index (χ3n) is 5.86. The Balaban J connectivity index is 1.52. The van der Waals surface area contributed by atoms with Crippen molar-refractivity contribution >= 4 is 11.7 Å². The van der Waals surface area contributed by atoms with Gasteiger partial charge in [0.2, 0.25) is 0 Å². The maximum Gasteiger partial charge on any atom is 0.255 e. The van der Waals surface area contributed by atoms with E-state index in [9.17, 15) is 9.90 Å². The van der Waals surface area contributed by atoms with Gasteiger partial charge in [-0.15, -0.1) is 0 Å². The maximum absolute atomic E-state index is 12.7. The average molecular weight is 367 g/mol. The molecule has 0 saturated heterocycles. The number of nitrogens with zero attached hydrogens (tertiary/aromatic N) is 5. The van der Waals surface area contributed by atoms with Gasteiger partial charge in [-0.3, -0.25) is 9.78 Å². The van der Waals surface area contributed by atoms with Gasteiger partial charge in [0.25, 0.3) is 5.91 Å². The lowest BCUT2D eigenvalue weighted by molar-refractivity contribution is 0.0522. The Morgan fingerprint density at radius 1 is 1.37 bits per heavy atom. The molecule has 0 bridgehead atoms. The molecule has 0 atom stereocenters. The summed E-state index contributed by atoms with van der Waals surface area (Å²) in [4.78, 5) is 29.7. The second kappa shape index (κ2) is 7.23. The fourth-order valence-corrected chi connectivity index (χ4v) is 4.13. The standard InChI is InChI=1S/C20H25N5O2/c1-24(12-20(13-26)6-3-7-20)18-16-5-9-25(11-17(16)22-14-23-18)19(27)15-4-2-8-21-10-15/h2,4,8,10,14,26H,3,5-7,9,11-13H2,1H3. The van der Waals surface area contributed by atoms with Gasteiger partial charge in [0.15, 0.2) is 0 Å². The minimum atomic E-state index is -0.0176. The Morgan fingerprint density at radius 3 is 2.89 bits per heavy atom. The molecule has 142 valence electrons. The Bertz CT molecular complexity index is 817. The van der Waals surface area contributed by atoms with Crippen molar-refractivity contribution < 1.29 is 9.90 Å². The Labute approximate surface area is 159 Å². The number of carbonyl (C=O) groups is 1. The molecule has 0 aromatic carbocycles. The summed E-state index contributed by atoms with van der Waals surface area (Å²) in [6.07, 6.45) is 8.89. The Morgan fingerprint density at radius 2 is 2.22 bits per heavy atom. The van der Waals surface area contributed by atoms with Crippen LogP contribution in [0.2, 0.25) is 0 Å². The molecule has 1 fully saturated rings. The minimum absolute atomic E-state index is 0.00353. The van der Waals surface area contributed by atoms with Crippen LogP contribution in [0.1, 0.15) is 40.9 Å². The van der Waals surface area contributed by atoms with Crippen LogP contribution in [0.3, 0.4) is 0 Å². The van der Waals surface area contributed by atoms with Gasteiger partial charge in [-0.05, 0) is 31.4 Å². The number of amides is 1. The fourth-order valence-electron chi connectivity index (χ4n) is 4.13. The van der Waals surface area contributed by atoms with E-state index in [0.717, 1.165) is 42.9 Å². The summed E-state index contributed by atoms with van der Waals surface area (Å²) >= 11 is 0. The Kier molecular flexibility index (Phi) is 4.78. The van der Waals surface area contributed by atoms with Crippen LogP contribution in [0.15, 0.2) is 30.9 Å². The molecular formula is C20H25N5O2. The molecule has 1 aliphatic carbocycles. The molecule has 1 aliphatic heterocycles. The van der Waals surface area contributed by atoms with Gasteiger partial charge in [-0.2, -0.15) is 0 Å². The lowest BCUT2D eigenvalue weighted by Gasteiger charge is -2.43. The molecular weight excluding hydrogens is 342 g/mol. The van der Waals surface area contributed by atoms with Crippen LogP contribution in [0.5, 0.6) is 0 Å². The van der Waals surface area contributed by atoms with Gasteiger partial charge in [0, 0.05) is 43.5 Å². The van der Waals surface area contributed by atoms with Gasteiger partial charge in [-0.25, -0.2) is 9.97 Å². The quantitative estimate of drug-likeness (QED) is 0.866. The predicted octanol–water partition coefficient (Wildman–Crippen LogP) is 1.67. The molecule has 2 aromatic heterocycles. The number of aliphatic hydroxyl groups is 1. The van der Waals surface area contributed by atoms with Crippen LogP contribution in [-0.4, -0.2) is 57.6 Å². The monoisotopic (exact) mass is 367 g/mol. The zero-order chi connectivity index (χ0) is 18.9. The maximum atomic E-state index is 12.7. The lowest BCUT2D eigenvalue weighted by atomic mass is 9.69. The third kappa shape index (κ3) is 3.39. The number of anilines is 1. The van der Waals surface area contributed by atoms with E-state index in [1.165, 1.54) is 6.42 Å². The topological polar surface area (TPSA) is 82.5 Å². The number of hydrogen-bond acceptors (Lipinski definition) is 6. The lowest BCUT2D eigenvalue weighted by Crippen LogP contribution is -2.44. The molecule has 0 radical (unpaired) electrons. The molecule has 1 saturated carbocycles. The van der Waals surface area contributed by atoms with Gasteiger partial charge < -0.3 is 14.9 Å². The highest BCUT2D eigenvalue weighted by Gasteiger charge is 2.38. The second-order valence-electron chi connectivity index (χ2n) is 7.71. The number of fused-ring (bicyclic) bond motifs is 1. The summed E-state index contributed by atoms with van der Waals surface area (Å²) in [5.74, 6) is 0.907. The van der Waals surface area contributed by atoms with Crippen LogP contribution in [0.25, 0.3) is 0 Å². The van der Waals surface area contributed by atoms with Crippen molar-refractivity contribution in [3.8, 4) is 0 Å². The first kappa shape index (κ1) is 17.9. The predicted molar refractivity (Wildman–Crippen MR) is 101 cm³/mol. The number of pyridine rings is 1. The smallest absolute Gasteiger partial charge is 0.255 e. The molecule has 3 heterocycles. The van der Waals surface area contributed by atoms with Gasteiger partial charge in [0.05, 0.1) is 24.4 Å².